The zero-order valence-corrected chi connectivity index (χ0v) is 19.5. The molecular weight excluding hydrogens is 442 g/mol. The maximum absolute atomic E-state index is 13.5. The summed E-state index contributed by atoms with van der Waals surface area (Å²) in [6.45, 7) is 3.69. The monoisotopic (exact) mass is 465 g/mol. The molecular formula is C24H23N3O5S. The molecule has 0 saturated carbocycles. The second-order valence-electron chi connectivity index (χ2n) is 7.20. The van der Waals surface area contributed by atoms with Gasteiger partial charge in [0, 0.05) is 12.4 Å². The highest BCUT2D eigenvalue weighted by Crippen LogP contribution is 2.36. The van der Waals surface area contributed by atoms with Crippen LogP contribution >= 0.6 is 11.3 Å². The number of fused-ring (bicyclic) bond motifs is 1. The number of hydrogen-bond acceptors (Lipinski definition) is 8. The van der Waals surface area contributed by atoms with Crippen molar-refractivity contribution in [3.05, 3.63) is 84.8 Å². The summed E-state index contributed by atoms with van der Waals surface area (Å²) < 4.78 is 18.2. The number of thiazole rings is 1. The minimum atomic E-state index is -0.726. The molecule has 0 amide bonds. The Morgan fingerprint density at radius 1 is 1.21 bits per heavy atom. The van der Waals surface area contributed by atoms with Crippen LogP contribution in [0.1, 0.15) is 31.0 Å². The fourth-order valence-electron chi connectivity index (χ4n) is 3.74. The molecule has 9 heteroatoms. The number of ether oxygens (including phenoxy) is 3. The number of esters is 1. The van der Waals surface area contributed by atoms with Crippen LogP contribution < -0.4 is 24.4 Å². The van der Waals surface area contributed by atoms with E-state index in [1.807, 2.05) is 12.1 Å². The van der Waals surface area contributed by atoms with Gasteiger partial charge in [-0.15, -0.1) is 0 Å². The van der Waals surface area contributed by atoms with Crippen molar-refractivity contribution in [3.63, 3.8) is 0 Å². The van der Waals surface area contributed by atoms with Crippen molar-refractivity contribution in [1.82, 2.24) is 9.55 Å². The van der Waals surface area contributed by atoms with Gasteiger partial charge in [-0.1, -0.05) is 23.5 Å². The Balaban J connectivity index is 1.98. The molecule has 0 spiro atoms. The van der Waals surface area contributed by atoms with E-state index in [0.29, 0.717) is 37.7 Å². The normalized spacial score (nSPS) is 15.6. The van der Waals surface area contributed by atoms with Crippen LogP contribution in [-0.2, 0) is 9.53 Å². The molecule has 0 fully saturated rings. The highest BCUT2D eigenvalue weighted by Gasteiger charge is 2.33. The topological polar surface area (TPSA) is 92.0 Å². The molecule has 0 saturated heterocycles. The Labute approximate surface area is 194 Å². The summed E-state index contributed by atoms with van der Waals surface area (Å²) in [4.78, 5) is 35.7. The second-order valence-corrected chi connectivity index (χ2v) is 8.21. The molecule has 1 aromatic carbocycles. The SMILES string of the molecule is CCOC(=O)C1=C(C)N=c2s/c(=C/c3cccnc3)c(=O)n2[C@H]1c1ccc(OC)c(OC)c1. The summed E-state index contributed by atoms with van der Waals surface area (Å²) in [5, 5.41) is 0. The third-order valence-electron chi connectivity index (χ3n) is 5.22. The third kappa shape index (κ3) is 4.19. The van der Waals surface area contributed by atoms with E-state index in [0.717, 1.165) is 5.56 Å². The standard InChI is InChI=1S/C24H23N3O5S/c1-5-32-23(29)20-14(2)26-24-27(21(20)16-8-9-17(30-3)18(12-16)31-4)22(28)19(33-24)11-15-7-6-10-25-13-15/h6-13,21H,5H2,1-4H3/b19-11+/t21-/m0/s1. The van der Waals surface area contributed by atoms with Crippen LogP contribution in [0.3, 0.4) is 0 Å². The van der Waals surface area contributed by atoms with E-state index in [4.69, 9.17) is 14.2 Å². The van der Waals surface area contributed by atoms with Crippen molar-refractivity contribution in [1.29, 1.82) is 0 Å². The molecule has 1 atom stereocenters. The van der Waals surface area contributed by atoms with Gasteiger partial charge in [-0.3, -0.25) is 14.3 Å². The molecule has 8 nitrogen and oxygen atoms in total. The summed E-state index contributed by atoms with van der Waals surface area (Å²) in [6, 6.07) is 8.26. The summed E-state index contributed by atoms with van der Waals surface area (Å²) in [7, 11) is 3.08. The van der Waals surface area contributed by atoms with Gasteiger partial charge in [0.25, 0.3) is 5.56 Å². The Morgan fingerprint density at radius 3 is 2.67 bits per heavy atom. The zero-order valence-electron chi connectivity index (χ0n) is 18.7. The van der Waals surface area contributed by atoms with Gasteiger partial charge >= 0.3 is 5.97 Å². The number of rotatable bonds is 6. The number of aromatic nitrogens is 2. The molecule has 0 unspecified atom stereocenters. The zero-order chi connectivity index (χ0) is 23.5. The molecule has 3 heterocycles. The van der Waals surface area contributed by atoms with Crippen LogP contribution in [0, 0.1) is 0 Å². The van der Waals surface area contributed by atoms with Crippen LogP contribution in [-0.4, -0.2) is 36.3 Å². The largest absolute Gasteiger partial charge is 0.493 e. The van der Waals surface area contributed by atoms with E-state index in [1.54, 1.807) is 57.6 Å². The quantitative estimate of drug-likeness (QED) is 0.519. The van der Waals surface area contributed by atoms with Crippen molar-refractivity contribution in [3.8, 4) is 11.5 Å². The summed E-state index contributed by atoms with van der Waals surface area (Å²) in [5.74, 6) is 0.522. The molecule has 0 aliphatic carbocycles. The van der Waals surface area contributed by atoms with E-state index in [9.17, 15) is 9.59 Å². The van der Waals surface area contributed by atoms with Crippen molar-refractivity contribution >= 4 is 23.4 Å². The average Bonchev–Trinajstić information content (AvgIpc) is 3.12. The average molecular weight is 466 g/mol. The van der Waals surface area contributed by atoms with Gasteiger partial charge in [-0.05, 0) is 49.2 Å². The molecule has 0 N–H and O–H groups in total. The van der Waals surface area contributed by atoms with Crippen LogP contribution in [0.4, 0.5) is 0 Å². The lowest BCUT2D eigenvalue weighted by molar-refractivity contribution is -0.139. The first-order valence-electron chi connectivity index (χ1n) is 10.3. The number of nitrogens with zero attached hydrogens (tertiary/aromatic N) is 3. The maximum Gasteiger partial charge on any atom is 0.338 e. The lowest BCUT2D eigenvalue weighted by Crippen LogP contribution is -2.40. The van der Waals surface area contributed by atoms with E-state index >= 15 is 0 Å². The van der Waals surface area contributed by atoms with Gasteiger partial charge < -0.3 is 14.2 Å². The minimum Gasteiger partial charge on any atom is -0.493 e. The van der Waals surface area contributed by atoms with Crippen LogP contribution in [0.25, 0.3) is 6.08 Å². The predicted octanol–water partition coefficient (Wildman–Crippen LogP) is 2.21. The van der Waals surface area contributed by atoms with E-state index < -0.39 is 12.0 Å². The number of carbonyl (C=O) groups is 1. The molecule has 170 valence electrons. The molecule has 0 radical (unpaired) electrons. The van der Waals surface area contributed by atoms with Crippen LogP contribution in [0.15, 0.2) is 63.8 Å². The fraction of sp³-hybridized carbons (Fsp3) is 0.250. The third-order valence-corrected chi connectivity index (χ3v) is 6.21. The van der Waals surface area contributed by atoms with Gasteiger partial charge in [-0.2, -0.15) is 0 Å². The number of hydrogen-bond donors (Lipinski definition) is 0. The lowest BCUT2D eigenvalue weighted by atomic mass is 9.95. The highest BCUT2D eigenvalue weighted by atomic mass is 32.1. The predicted molar refractivity (Wildman–Crippen MR) is 124 cm³/mol. The fourth-order valence-corrected chi connectivity index (χ4v) is 4.79. The Hall–Kier alpha value is -3.72. The Bertz CT molecular complexity index is 1410. The molecule has 33 heavy (non-hydrogen) atoms. The summed E-state index contributed by atoms with van der Waals surface area (Å²) in [5.41, 5.74) is 2.04. The van der Waals surface area contributed by atoms with Crippen molar-refractivity contribution in [2.75, 3.05) is 20.8 Å². The van der Waals surface area contributed by atoms with Gasteiger partial charge in [0.15, 0.2) is 16.3 Å². The van der Waals surface area contributed by atoms with Gasteiger partial charge in [0.2, 0.25) is 0 Å². The number of pyridine rings is 1. The Kier molecular flexibility index (Phi) is 6.41. The van der Waals surface area contributed by atoms with E-state index in [1.165, 1.54) is 23.0 Å². The number of carbonyl (C=O) groups excluding carboxylic acids is 1. The molecule has 1 aliphatic rings. The first kappa shape index (κ1) is 22.5. The Morgan fingerprint density at radius 2 is 2.00 bits per heavy atom. The molecule has 4 rings (SSSR count). The van der Waals surface area contributed by atoms with Gasteiger partial charge in [-0.25, -0.2) is 9.79 Å². The van der Waals surface area contributed by atoms with Gasteiger partial charge in [0.1, 0.15) is 0 Å². The molecule has 2 aromatic heterocycles. The summed E-state index contributed by atoms with van der Waals surface area (Å²) >= 11 is 1.26. The summed E-state index contributed by atoms with van der Waals surface area (Å²) in [6.07, 6.45) is 5.12. The first-order chi connectivity index (χ1) is 16.0. The number of allylic oxidation sites excluding steroid dienone is 1. The van der Waals surface area contributed by atoms with Crippen molar-refractivity contribution in [2.24, 2.45) is 4.99 Å². The lowest BCUT2D eigenvalue weighted by Gasteiger charge is -2.25. The molecule has 0 bridgehead atoms. The van der Waals surface area contributed by atoms with E-state index in [2.05, 4.69) is 9.98 Å². The van der Waals surface area contributed by atoms with Crippen molar-refractivity contribution < 1.29 is 19.0 Å². The van der Waals surface area contributed by atoms with Crippen LogP contribution in [0.5, 0.6) is 11.5 Å². The second kappa shape index (κ2) is 9.41. The van der Waals surface area contributed by atoms with Gasteiger partial charge in [0.05, 0.1) is 42.7 Å². The first-order valence-corrected chi connectivity index (χ1v) is 11.1. The molecule has 3 aromatic rings. The highest BCUT2D eigenvalue weighted by molar-refractivity contribution is 7.07. The minimum absolute atomic E-state index is 0.208. The number of methoxy groups -OCH3 is 2. The van der Waals surface area contributed by atoms with Crippen LogP contribution in [0.2, 0.25) is 0 Å². The molecule has 1 aliphatic heterocycles. The van der Waals surface area contributed by atoms with Crippen molar-refractivity contribution in [2.45, 2.75) is 19.9 Å². The smallest absolute Gasteiger partial charge is 0.338 e. The maximum atomic E-state index is 13.5. The van der Waals surface area contributed by atoms with E-state index in [-0.39, 0.29) is 12.2 Å². The number of benzene rings is 1.